The van der Waals surface area contributed by atoms with Crippen molar-refractivity contribution in [2.45, 2.75) is 32.8 Å². The first-order valence-corrected chi connectivity index (χ1v) is 8.13. The van der Waals surface area contributed by atoms with Gasteiger partial charge in [0.25, 0.3) is 0 Å². The Bertz CT molecular complexity index is 805. The molecule has 2 rings (SSSR count). The van der Waals surface area contributed by atoms with Crippen molar-refractivity contribution in [1.82, 2.24) is 15.3 Å². The second-order valence-corrected chi connectivity index (χ2v) is 6.38. The van der Waals surface area contributed by atoms with Gasteiger partial charge in [0.1, 0.15) is 11.4 Å². The van der Waals surface area contributed by atoms with Crippen molar-refractivity contribution in [3.63, 3.8) is 0 Å². The van der Waals surface area contributed by atoms with Gasteiger partial charge in [-0.2, -0.15) is 0 Å². The number of nitrogens with zero attached hydrogens (tertiary/aromatic N) is 2. The van der Waals surface area contributed by atoms with E-state index in [1.54, 1.807) is 51.4 Å². The van der Waals surface area contributed by atoms with E-state index in [0.29, 0.717) is 24.2 Å². The Morgan fingerprint density at radius 1 is 1.23 bits per heavy atom. The molecule has 6 nitrogen and oxygen atoms in total. The van der Waals surface area contributed by atoms with E-state index in [4.69, 9.17) is 4.74 Å². The normalized spacial score (nSPS) is 10.5. The fourth-order valence-electron chi connectivity index (χ4n) is 1.85. The molecule has 1 aromatic carbocycles. The molecule has 7 heteroatoms. The second kappa shape index (κ2) is 8.81. The molecule has 2 aromatic rings. The molecule has 2 N–H and O–H groups in total. The third kappa shape index (κ3) is 6.77. The Morgan fingerprint density at radius 2 is 1.92 bits per heavy atom. The number of para-hydroxylation sites is 1. The van der Waals surface area contributed by atoms with Crippen LogP contribution in [-0.2, 0) is 4.74 Å². The van der Waals surface area contributed by atoms with Crippen LogP contribution in [0.15, 0.2) is 36.7 Å². The maximum atomic E-state index is 13.6. The number of rotatable bonds is 4. The maximum Gasteiger partial charge on any atom is 0.407 e. The van der Waals surface area contributed by atoms with E-state index in [1.165, 1.54) is 6.07 Å². The van der Waals surface area contributed by atoms with E-state index in [2.05, 4.69) is 32.4 Å². The van der Waals surface area contributed by atoms with Gasteiger partial charge in [0.15, 0.2) is 0 Å². The van der Waals surface area contributed by atoms with Crippen molar-refractivity contribution in [2.24, 2.45) is 0 Å². The number of nitrogens with one attached hydrogen (secondary N) is 2. The van der Waals surface area contributed by atoms with E-state index in [9.17, 15) is 9.18 Å². The lowest BCUT2D eigenvalue weighted by Crippen LogP contribution is -2.32. The Balaban J connectivity index is 1.80. The number of anilines is 2. The minimum absolute atomic E-state index is 0.284. The molecule has 0 fully saturated rings. The van der Waals surface area contributed by atoms with E-state index in [0.717, 1.165) is 0 Å². The third-order valence-corrected chi connectivity index (χ3v) is 2.92. The lowest BCUT2D eigenvalue weighted by atomic mass is 10.2. The molecule has 136 valence electrons. The molecule has 26 heavy (non-hydrogen) atoms. The number of aromatic nitrogens is 2. The smallest absolute Gasteiger partial charge is 0.407 e. The van der Waals surface area contributed by atoms with Crippen LogP contribution in [0.25, 0.3) is 0 Å². The summed E-state index contributed by atoms with van der Waals surface area (Å²) < 4.78 is 18.7. The highest BCUT2D eigenvalue weighted by atomic mass is 19.1. The van der Waals surface area contributed by atoms with Gasteiger partial charge >= 0.3 is 6.09 Å². The molecular weight excluding hydrogens is 335 g/mol. The average Bonchev–Trinajstić information content (AvgIpc) is 2.56. The summed E-state index contributed by atoms with van der Waals surface area (Å²) in [6.45, 7) is 5.79. The lowest BCUT2D eigenvalue weighted by Gasteiger charge is -2.19. The largest absolute Gasteiger partial charge is 0.444 e. The molecule has 0 unspecified atom stereocenters. The molecular formula is C19H21FN4O2. The molecule has 0 spiro atoms. The molecule has 0 radical (unpaired) electrons. The van der Waals surface area contributed by atoms with Gasteiger partial charge in [-0.1, -0.05) is 24.0 Å². The number of benzene rings is 1. The van der Waals surface area contributed by atoms with Crippen molar-refractivity contribution in [3.8, 4) is 11.8 Å². The SMILES string of the molecule is CC(C)(C)OC(=O)NCCC#Cc1cnc(Nc2ccccc2F)nc1. The molecule has 0 saturated carbocycles. The zero-order valence-electron chi connectivity index (χ0n) is 15.0. The zero-order valence-corrected chi connectivity index (χ0v) is 15.0. The first-order valence-electron chi connectivity index (χ1n) is 8.13. The summed E-state index contributed by atoms with van der Waals surface area (Å²) in [5.74, 6) is 5.72. The van der Waals surface area contributed by atoms with Gasteiger partial charge in [0.05, 0.1) is 11.3 Å². The predicted octanol–water partition coefficient (Wildman–Crippen LogP) is 3.63. The molecule has 0 aliphatic heterocycles. The fraction of sp³-hybridized carbons (Fsp3) is 0.316. The molecule has 1 aromatic heterocycles. The Kier molecular flexibility index (Phi) is 6.50. The van der Waals surface area contributed by atoms with Gasteiger partial charge in [0.2, 0.25) is 5.95 Å². The average molecular weight is 356 g/mol. The monoisotopic (exact) mass is 356 g/mol. The number of hydrogen-bond acceptors (Lipinski definition) is 5. The van der Waals surface area contributed by atoms with Gasteiger partial charge < -0.3 is 15.4 Å². The van der Waals surface area contributed by atoms with Gasteiger partial charge in [0, 0.05) is 25.4 Å². The summed E-state index contributed by atoms with van der Waals surface area (Å²) in [6, 6.07) is 6.28. The fourth-order valence-corrected chi connectivity index (χ4v) is 1.85. The van der Waals surface area contributed by atoms with Crippen molar-refractivity contribution < 1.29 is 13.9 Å². The summed E-state index contributed by atoms with van der Waals surface area (Å²) in [4.78, 5) is 19.7. The number of alkyl carbamates (subject to hydrolysis) is 1. The minimum Gasteiger partial charge on any atom is -0.444 e. The molecule has 0 atom stereocenters. The summed E-state index contributed by atoms with van der Waals surface area (Å²) in [5.41, 5.74) is 0.409. The summed E-state index contributed by atoms with van der Waals surface area (Å²) in [5, 5.41) is 5.43. The number of carbonyl (C=O) groups excluding carboxylic acids is 1. The Hall–Kier alpha value is -3.14. The number of ether oxygens (including phenoxy) is 1. The van der Waals surface area contributed by atoms with Crippen LogP contribution in [0.4, 0.5) is 20.8 Å². The van der Waals surface area contributed by atoms with Crippen molar-refractivity contribution in [3.05, 3.63) is 48.0 Å². The van der Waals surface area contributed by atoms with E-state index < -0.39 is 11.7 Å². The Labute approximate surface area is 152 Å². The minimum atomic E-state index is -0.522. The summed E-state index contributed by atoms with van der Waals surface area (Å²) in [6.07, 6.45) is 3.09. The van der Waals surface area contributed by atoms with Crippen LogP contribution in [0.3, 0.4) is 0 Å². The first kappa shape index (κ1) is 19.2. The second-order valence-electron chi connectivity index (χ2n) is 6.38. The Morgan fingerprint density at radius 3 is 2.58 bits per heavy atom. The van der Waals surface area contributed by atoms with Crippen LogP contribution in [0.5, 0.6) is 0 Å². The number of halogens is 1. The number of carbonyl (C=O) groups is 1. The lowest BCUT2D eigenvalue weighted by molar-refractivity contribution is 0.0529. The predicted molar refractivity (Wildman–Crippen MR) is 97.4 cm³/mol. The summed E-state index contributed by atoms with van der Waals surface area (Å²) >= 11 is 0. The van der Waals surface area contributed by atoms with Gasteiger partial charge in [-0.05, 0) is 32.9 Å². The van der Waals surface area contributed by atoms with Gasteiger partial charge in [-0.3, -0.25) is 0 Å². The van der Waals surface area contributed by atoms with Crippen LogP contribution >= 0.6 is 0 Å². The molecule has 0 bridgehead atoms. The number of hydrogen-bond donors (Lipinski definition) is 2. The third-order valence-electron chi connectivity index (χ3n) is 2.92. The van der Waals surface area contributed by atoms with Crippen LogP contribution in [0.1, 0.15) is 32.8 Å². The van der Waals surface area contributed by atoms with Crippen LogP contribution in [-0.4, -0.2) is 28.2 Å². The van der Waals surface area contributed by atoms with Crippen LogP contribution in [0.2, 0.25) is 0 Å². The van der Waals surface area contributed by atoms with E-state index in [1.807, 2.05) is 0 Å². The molecule has 1 amide bonds. The first-order chi connectivity index (χ1) is 12.3. The quantitative estimate of drug-likeness (QED) is 0.646. The van der Waals surface area contributed by atoms with Crippen molar-refractivity contribution in [2.75, 3.05) is 11.9 Å². The zero-order chi connectivity index (χ0) is 19.0. The van der Waals surface area contributed by atoms with E-state index in [-0.39, 0.29) is 11.8 Å². The van der Waals surface area contributed by atoms with Crippen molar-refractivity contribution >= 4 is 17.7 Å². The van der Waals surface area contributed by atoms with Crippen molar-refractivity contribution in [1.29, 1.82) is 0 Å². The highest BCUT2D eigenvalue weighted by molar-refractivity contribution is 5.67. The van der Waals surface area contributed by atoms with Gasteiger partial charge in [-0.15, -0.1) is 0 Å². The summed E-state index contributed by atoms with van der Waals surface area (Å²) in [7, 11) is 0. The van der Waals surface area contributed by atoms with Gasteiger partial charge in [-0.25, -0.2) is 19.2 Å². The van der Waals surface area contributed by atoms with Crippen LogP contribution < -0.4 is 10.6 Å². The highest BCUT2D eigenvalue weighted by Crippen LogP contribution is 2.16. The number of amides is 1. The highest BCUT2D eigenvalue weighted by Gasteiger charge is 2.15. The van der Waals surface area contributed by atoms with Crippen LogP contribution in [0, 0.1) is 17.7 Å². The topological polar surface area (TPSA) is 76.1 Å². The maximum absolute atomic E-state index is 13.6. The standard InChI is InChI=1S/C19H21FN4O2/c1-19(2,3)26-18(25)21-11-7-6-8-14-12-22-17(23-13-14)24-16-10-5-4-9-15(16)20/h4-5,9-10,12-13H,7,11H2,1-3H3,(H,21,25)(H,22,23,24). The van der Waals surface area contributed by atoms with E-state index >= 15 is 0 Å². The molecule has 0 aliphatic rings. The molecule has 1 heterocycles. The molecule has 0 aliphatic carbocycles. The molecule has 0 saturated heterocycles.